The Hall–Kier alpha value is -2.66. The van der Waals surface area contributed by atoms with E-state index in [4.69, 9.17) is 5.26 Å². The van der Waals surface area contributed by atoms with Crippen molar-refractivity contribution in [2.45, 2.75) is 25.7 Å². The van der Waals surface area contributed by atoms with Crippen LogP contribution in [-0.2, 0) is 16.9 Å². The molecule has 0 aliphatic carbocycles. The van der Waals surface area contributed by atoms with Crippen molar-refractivity contribution >= 4 is 21.4 Å². The lowest BCUT2D eigenvalue weighted by molar-refractivity contribution is 0.101. The number of carbonyl (C=O) groups is 1. The van der Waals surface area contributed by atoms with E-state index < -0.39 is 27.0 Å². The molecular formula is C18H20FN3O3S. The third-order valence-electron chi connectivity index (χ3n) is 3.48. The Balaban J connectivity index is 2.30. The zero-order valence-corrected chi connectivity index (χ0v) is 15.8. The van der Waals surface area contributed by atoms with Gasteiger partial charge in [0.2, 0.25) is 0 Å². The topological polar surface area (TPSA) is 92.0 Å². The summed E-state index contributed by atoms with van der Waals surface area (Å²) in [6, 6.07) is 6.56. The second-order valence-corrected chi connectivity index (χ2v) is 9.28. The molecule has 0 bridgehead atoms. The first kappa shape index (κ1) is 19.7. The van der Waals surface area contributed by atoms with Gasteiger partial charge in [0.25, 0.3) is 5.91 Å². The number of sulfone groups is 1. The fourth-order valence-corrected chi connectivity index (χ4v) is 4.42. The average molecular weight is 377 g/mol. The summed E-state index contributed by atoms with van der Waals surface area (Å²) in [4.78, 5) is 12.5. The molecule has 0 radical (unpaired) electrons. The zero-order valence-electron chi connectivity index (χ0n) is 15.0. The van der Waals surface area contributed by atoms with Crippen molar-refractivity contribution < 1.29 is 17.6 Å². The van der Waals surface area contributed by atoms with E-state index in [1.54, 1.807) is 13.1 Å². The molecule has 0 unspecified atom stereocenters. The Labute approximate surface area is 152 Å². The number of anilines is 1. The van der Waals surface area contributed by atoms with Gasteiger partial charge >= 0.3 is 0 Å². The SMILES string of the molecule is Cn1cc(S(=O)(=O)CC(C)(C)C)cc1C(=O)Nc1cc(F)cc(C#N)c1. The molecule has 138 valence electrons. The highest BCUT2D eigenvalue weighted by molar-refractivity contribution is 7.91. The van der Waals surface area contributed by atoms with Gasteiger partial charge in [0, 0.05) is 18.9 Å². The van der Waals surface area contributed by atoms with Crippen LogP contribution in [0.25, 0.3) is 0 Å². The molecule has 6 nitrogen and oxygen atoms in total. The largest absolute Gasteiger partial charge is 0.345 e. The fraction of sp³-hybridized carbons (Fsp3) is 0.333. The molecule has 1 heterocycles. The van der Waals surface area contributed by atoms with Gasteiger partial charge in [-0.1, -0.05) is 20.8 Å². The van der Waals surface area contributed by atoms with E-state index in [-0.39, 0.29) is 27.6 Å². The zero-order chi connectivity index (χ0) is 19.7. The lowest BCUT2D eigenvalue weighted by Crippen LogP contribution is -2.20. The van der Waals surface area contributed by atoms with Crippen molar-refractivity contribution in [3.63, 3.8) is 0 Å². The van der Waals surface area contributed by atoms with E-state index in [2.05, 4.69) is 5.32 Å². The number of hydrogen-bond donors (Lipinski definition) is 1. The van der Waals surface area contributed by atoms with Crippen LogP contribution in [0.3, 0.4) is 0 Å². The number of benzene rings is 1. The maximum absolute atomic E-state index is 13.5. The lowest BCUT2D eigenvalue weighted by atomic mass is 10.0. The van der Waals surface area contributed by atoms with Crippen LogP contribution in [0.5, 0.6) is 0 Å². The van der Waals surface area contributed by atoms with Crippen molar-refractivity contribution in [1.29, 1.82) is 5.26 Å². The van der Waals surface area contributed by atoms with Gasteiger partial charge in [0.15, 0.2) is 9.84 Å². The molecular weight excluding hydrogens is 357 g/mol. The van der Waals surface area contributed by atoms with Gasteiger partial charge in [-0.2, -0.15) is 5.26 Å². The predicted molar refractivity (Wildman–Crippen MR) is 96.0 cm³/mol. The molecule has 0 spiro atoms. The van der Waals surface area contributed by atoms with Gasteiger partial charge in [-0.3, -0.25) is 4.79 Å². The third kappa shape index (κ3) is 4.70. The van der Waals surface area contributed by atoms with E-state index in [0.717, 1.165) is 12.1 Å². The second-order valence-electron chi connectivity index (χ2n) is 7.29. The van der Waals surface area contributed by atoms with E-state index in [0.29, 0.717) is 0 Å². The fourth-order valence-electron chi connectivity index (χ4n) is 2.50. The van der Waals surface area contributed by atoms with Gasteiger partial charge in [-0.05, 0) is 29.7 Å². The van der Waals surface area contributed by atoms with Gasteiger partial charge in [0.1, 0.15) is 11.5 Å². The van der Waals surface area contributed by atoms with Gasteiger partial charge in [-0.25, -0.2) is 12.8 Å². The monoisotopic (exact) mass is 377 g/mol. The van der Waals surface area contributed by atoms with Crippen molar-refractivity contribution in [2.24, 2.45) is 12.5 Å². The highest BCUT2D eigenvalue weighted by Gasteiger charge is 2.26. The second kappa shape index (κ2) is 6.92. The van der Waals surface area contributed by atoms with Gasteiger partial charge in [-0.15, -0.1) is 0 Å². The molecule has 1 N–H and O–H groups in total. The first-order valence-electron chi connectivity index (χ1n) is 7.82. The Morgan fingerprint density at radius 3 is 2.50 bits per heavy atom. The molecule has 2 aromatic rings. The standard InChI is InChI=1S/C18H20FN3O3S/c1-18(2,3)11-26(24,25)15-8-16(22(4)10-15)17(23)21-14-6-12(9-20)5-13(19)7-14/h5-8,10H,11H2,1-4H3,(H,21,23). The van der Waals surface area contributed by atoms with Crippen LogP contribution in [0.2, 0.25) is 0 Å². The summed E-state index contributed by atoms with van der Waals surface area (Å²) in [6.07, 6.45) is 1.38. The van der Waals surface area contributed by atoms with Crippen LogP contribution < -0.4 is 5.32 Å². The molecule has 1 aromatic heterocycles. The summed E-state index contributed by atoms with van der Waals surface area (Å²) >= 11 is 0. The molecule has 0 atom stereocenters. The van der Waals surface area contributed by atoms with Crippen LogP contribution in [0.15, 0.2) is 35.4 Å². The number of nitrogens with one attached hydrogen (secondary N) is 1. The summed E-state index contributed by atoms with van der Waals surface area (Å²) in [5, 5.41) is 11.3. The number of aryl methyl sites for hydroxylation is 1. The summed E-state index contributed by atoms with van der Waals surface area (Å²) in [7, 11) is -1.99. The maximum Gasteiger partial charge on any atom is 0.272 e. The highest BCUT2D eigenvalue weighted by atomic mass is 32.2. The normalized spacial score (nSPS) is 11.8. The van der Waals surface area contributed by atoms with Crippen LogP contribution in [-0.4, -0.2) is 24.6 Å². The number of aromatic nitrogens is 1. The van der Waals surface area contributed by atoms with Gasteiger partial charge in [0.05, 0.1) is 22.3 Å². The summed E-state index contributed by atoms with van der Waals surface area (Å²) in [5.41, 5.74) is -0.125. The molecule has 0 saturated carbocycles. The Kier molecular flexibility index (Phi) is 5.23. The maximum atomic E-state index is 13.5. The molecule has 0 fully saturated rings. The molecule has 1 amide bonds. The number of nitriles is 1. The smallest absolute Gasteiger partial charge is 0.272 e. The molecule has 0 aliphatic rings. The molecule has 0 aliphatic heterocycles. The molecule has 26 heavy (non-hydrogen) atoms. The third-order valence-corrected chi connectivity index (χ3v) is 5.67. The Morgan fingerprint density at radius 2 is 1.92 bits per heavy atom. The number of nitrogens with zero attached hydrogens (tertiary/aromatic N) is 2. The molecule has 0 saturated heterocycles. The van der Waals surface area contributed by atoms with Crippen molar-refractivity contribution in [1.82, 2.24) is 4.57 Å². The predicted octanol–water partition coefficient (Wildman–Crippen LogP) is 3.11. The van der Waals surface area contributed by atoms with E-state index in [1.807, 2.05) is 20.8 Å². The van der Waals surface area contributed by atoms with Crippen LogP contribution in [0.4, 0.5) is 10.1 Å². The minimum absolute atomic E-state index is 0.0528. The van der Waals surface area contributed by atoms with Crippen molar-refractivity contribution in [3.8, 4) is 6.07 Å². The highest BCUT2D eigenvalue weighted by Crippen LogP contribution is 2.24. The van der Waals surface area contributed by atoms with Crippen molar-refractivity contribution in [2.75, 3.05) is 11.1 Å². The number of amides is 1. The minimum atomic E-state index is -3.55. The summed E-state index contributed by atoms with van der Waals surface area (Å²) in [6.45, 7) is 5.45. The minimum Gasteiger partial charge on any atom is -0.345 e. The summed E-state index contributed by atoms with van der Waals surface area (Å²) in [5.74, 6) is -1.31. The van der Waals surface area contributed by atoms with Crippen LogP contribution in [0.1, 0.15) is 36.8 Å². The first-order valence-corrected chi connectivity index (χ1v) is 9.48. The first-order chi connectivity index (χ1) is 11.9. The Bertz CT molecular complexity index is 996. The Morgan fingerprint density at radius 1 is 1.27 bits per heavy atom. The number of halogens is 1. The molecule has 8 heteroatoms. The van der Waals surface area contributed by atoms with E-state index >= 15 is 0 Å². The van der Waals surface area contributed by atoms with E-state index in [9.17, 15) is 17.6 Å². The van der Waals surface area contributed by atoms with Crippen molar-refractivity contribution in [3.05, 3.63) is 47.5 Å². The number of hydrogen-bond acceptors (Lipinski definition) is 4. The van der Waals surface area contributed by atoms with E-state index in [1.165, 1.54) is 22.9 Å². The van der Waals surface area contributed by atoms with Crippen LogP contribution in [0, 0.1) is 22.6 Å². The van der Waals surface area contributed by atoms with Crippen LogP contribution >= 0.6 is 0 Å². The average Bonchev–Trinajstić information content (AvgIpc) is 2.87. The quantitative estimate of drug-likeness (QED) is 0.886. The van der Waals surface area contributed by atoms with Gasteiger partial charge < -0.3 is 9.88 Å². The molecule has 1 aromatic carbocycles. The number of rotatable bonds is 4. The lowest BCUT2D eigenvalue weighted by Gasteiger charge is -2.17. The summed E-state index contributed by atoms with van der Waals surface area (Å²) < 4.78 is 39.9. The number of carbonyl (C=O) groups excluding carboxylic acids is 1. The molecule has 2 rings (SSSR count).